The first-order valence-electron chi connectivity index (χ1n) is 10.4. The van der Waals surface area contributed by atoms with E-state index < -0.39 is 0 Å². The molecule has 0 amide bonds. The molecule has 32 heavy (non-hydrogen) atoms. The molecule has 3 N–H and O–H groups in total. The zero-order valence-electron chi connectivity index (χ0n) is 18.0. The van der Waals surface area contributed by atoms with Crippen molar-refractivity contribution in [2.24, 2.45) is 0 Å². The summed E-state index contributed by atoms with van der Waals surface area (Å²) in [7, 11) is 4.12. The number of benzene rings is 2. The van der Waals surface area contributed by atoms with Crippen LogP contribution in [-0.4, -0.2) is 55.4 Å². The molecule has 7 nitrogen and oxygen atoms in total. The van der Waals surface area contributed by atoms with Crippen molar-refractivity contribution in [3.05, 3.63) is 64.2 Å². The smallest absolute Gasteiger partial charge is 0.253 e. The Morgan fingerprint density at radius 2 is 1.84 bits per heavy atom. The van der Waals surface area contributed by atoms with Crippen LogP contribution in [0.15, 0.2) is 47.3 Å². The second-order valence-electron chi connectivity index (χ2n) is 8.02. The molecule has 0 saturated heterocycles. The van der Waals surface area contributed by atoms with Crippen molar-refractivity contribution in [2.75, 3.05) is 45.7 Å². The van der Waals surface area contributed by atoms with Crippen molar-refractivity contribution in [3.8, 4) is 11.5 Å². The lowest BCUT2D eigenvalue weighted by atomic mass is 10.1. The molecule has 0 aliphatic carbocycles. The first kappa shape index (κ1) is 22.0. The molecule has 4 rings (SSSR count). The molecule has 1 aliphatic rings. The third-order valence-electron chi connectivity index (χ3n) is 5.21. The van der Waals surface area contributed by atoms with Crippen molar-refractivity contribution in [2.45, 2.75) is 6.54 Å². The first-order valence-corrected chi connectivity index (χ1v) is 10.9. The molecule has 168 valence electrons. The summed E-state index contributed by atoms with van der Waals surface area (Å²) in [5, 5.41) is 4.48. The Balaban J connectivity index is 1.60. The molecular weight excluding hydrogens is 431 g/mol. The monoisotopic (exact) mass is 457 g/mol. The maximum absolute atomic E-state index is 13.2. The van der Waals surface area contributed by atoms with Crippen LogP contribution in [0.4, 0.5) is 10.1 Å². The van der Waals surface area contributed by atoms with Gasteiger partial charge in [0, 0.05) is 22.7 Å². The Hall–Kier alpha value is -3.17. The molecule has 2 heterocycles. The van der Waals surface area contributed by atoms with Crippen LogP contribution in [0.25, 0.3) is 10.9 Å². The number of thiocarbonyl (C=S) groups is 1. The van der Waals surface area contributed by atoms with Crippen LogP contribution in [0.3, 0.4) is 0 Å². The first-order chi connectivity index (χ1) is 15.4. The average molecular weight is 458 g/mol. The van der Waals surface area contributed by atoms with Crippen LogP contribution < -0.4 is 25.2 Å². The number of pyridine rings is 1. The summed E-state index contributed by atoms with van der Waals surface area (Å²) in [4.78, 5) is 19.0. The summed E-state index contributed by atoms with van der Waals surface area (Å²) in [6.07, 6.45) is 0. The number of halogens is 1. The van der Waals surface area contributed by atoms with Crippen LogP contribution in [0.5, 0.6) is 11.5 Å². The van der Waals surface area contributed by atoms with Crippen LogP contribution in [0.1, 0.15) is 5.56 Å². The van der Waals surface area contributed by atoms with Crippen LogP contribution in [0, 0.1) is 5.82 Å². The van der Waals surface area contributed by atoms with Gasteiger partial charge in [-0.3, -0.25) is 4.79 Å². The molecule has 0 spiro atoms. The molecule has 0 radical (unpaired) electrons. The van der Waals surface area contributed by atoms with Gasteiger partial charge in [0.1, 0.15) is 19.0 Å². The van der Waals surface area contributed by atoms with E-state index in [1.807, 2.05) is 17.0 Å². The molecule has 0 saturated carbocycles. The number of H-pyrrole nitrogens is 1. The molecule has 0 atom stereocenters. The second-order valence-corrected chi connectivity index (χ2v) is 8.41. The number of aromatic amines is 1. The number of hydrogen-bond acceptors (Lipinski definition) is 4. The van der Waals surface area contributed by atoms with Gasteiger partial charge in [0.2, 0.25) is 0 Å². The minimum atomic E-state index is -0.311. The second kappa shape index (κ2) is 9.54. The lowest BCUT2D eigenvalue weighted by Crippen LogP contribution is -3.06. The number of anilines is 1. The highest BCUT2D eigenvalue weighted by molar-refractivity contribution is 7.80. The van der Waals surface area contributed by atoms with E-state index in [2.05, 4.69) is 24.4 Å². The molecule has 3 aromatic rings. The predicted octanol–water partition coefficient (Wildman–Crippen LogP) is 1.78. The van der Waals surface area contributed by atoms with E-state index in [9.17, 15) is 9.18 Å². The maximum atomic E-state index is 13.2. The minimum absolute atomic E-state index is 0.180. The van der Waals surface area contributed by atoms with Gasteiger partial charge < -0.3 is 29.6 Å². The average Bonchev–Trinajstić information content (AvgIpc) is 2.77. The number of aromatic nitrogens is 1. The zero-order chi connectivity index (χ0) is 22.7. The van der Waals surface area contributed by atoms with Gasteiger partial charge in [0.25, 0.3) is 5.56 Å². The number of nitrogens with zero attached hydrogens (tertiary/aromatic N) is 1. The Morgan fingerprint density at radius 1 is 1.16 bits per heavy atom. The fraction of sp³-hybridized carbons (Fsp3) is 0.304. The van der Waals surface area contributed by atoms with Gasteiger partial charge in [-0.05, 0) is 48.6 Å². The molecule has 0 bridgehead atoms. The fourth-order valence-electron chi connectivity index (χ4n) is 3.46. The summed E-state index contributed by atoms with van der Waals surface area (Å²) in [6.45, 7) is 2.80. The van der Waals surface area contributed by atoms with E-state index in [0.29, 0.717) is 59.7 Å². The summed E-state index contributed by atoms with van der Waals surface area (Å²) in [6, 6.07) is 11.5. The van der Waals surface area contributed by atoms with Crippen molar-refractivity contribution >= 4 is 33.9 Å². The van der Waals surface area contributed by atoms with Crippen molar-refractivity contribution in [1.82, 2.24) is 9.88 Å². The SMILES string of the molecule is C[NH+](C)CCN(Cc1cc2cc3c(cc2[nH]c1=O)OCCO3)C(=S)Nc1ccc(F)cc1. The van der Waals surface area contributed by atoms with E-state index in [1.54, 1.807) is 18.2 Å². The summed E-state index contributed by atoms with van der Waals surface area (Å²) < 4.78 is 24.5. The van der Waals surface area contributed by atoms with E-state index >= 15 is 0 Å². The molecular formula is C23H26FN4O3S+. The summed E-state index contributed by atoms with van der Waals surface area (Å²) in [5.41, 5.74) is 1.79. The Kier molecular flexibility index (Phi) is 6.57. The van der Waals surface area contributed by atoms with Crippen molar-refractivity contribution < 1.29 is 18.8 Å². The maximum Gasteiger partial charge on any atom is 0.253 e. The number of hydrogen-bond donors (Lipinski definition) is 3. The Bertz CT molecular complexity index is 1180. The lowest BCUT2D eigenvalue weighted by Gasteiger charge is -2.26. The molecule has 0 unspecified atom stereocenters. The Labute approximate surface area is 190 Å². The Morgan fingerprint density at radius 3 is 2.53 bits per heavy atom. The number of nitrogens with one attached hydrogen (secondary N) is 3. The number of quaternary nitrogens is 1. The number of likely N-dealkylation sites (N-methyl/N-ethyl adjacent to an activating group) is 1. The molecule has 1 aliphatic heterocycles. The molecule has 1 aromatic heterocycles. The van der Waals surface area contributed by atoms with Crippen LogP contribution in [-0.2, 0) is 6.54 Å². The van der Waals surface area contributed by atoms with Gasteiger partial charge >= 0.3 is 0 Å². The number of rotatable bonds is 6. The normalized spacial score (nSPS) is 12.8. The zero-order valence-corrected chi connectivity index (χ0v) is 18.9. The van der Waals surface area contributed by atoms with E-state index in [4.69, 9.17) is 21.7 Å². The largest absolute Gasteiger partial charge is 0.486 e. The quantitative estimate of drug-likeness (QED) is 0.491. The van der Waals surface area contributed by atoms with Crippen LogP contribution in [0.2, 0.25) is 0 Å². The van der Waals surface area contributed by atoms with E-state index in [-0.39, 0.29) is 11.4 Å². The van der Waals surface area contributed by atoms with Crippen molar-refractivity contribution in [1.29, 1.82) is 0 Å². The molecule has 2 aromatic carbocycles. The highest BCUT2D eigenvalue weighted by Crippen LogP contribution is 2.33. The minimum Gasteiger partial charge on any atom is -0.486 e. The van der Waals surface area contributed by atoms with Gasteiger partial charge in [-0.2, -0.15) is 0 Å². The van der Waals surface area contributed by atoms with Crippen LogP contribution >= 0.6 is 12.2 Å². The van der Waals surface area contributed by atoms with Gasteiger partial charge in [-0.1, -0.05) is 0 Å². The van der Waals surface area contributed by atoms with Gasteiger partial charge in [0.05, 0.1) is 39.2 Å². The highest BCUT2D eigenvalue weighted by atomic mass is 32.1. The topological polar surface area (TPSA) is 71.0 Å². The molecule has 9 heteroatoms. The summed E-state index contributed by atoms with van der Waals surface area (Å²) in [5.74, 6) is 0.990. The van der Waals surface area contributed by atoms with Gasteiger partial charge in [-0.25, -0.2) is 4.39 Å². The fourth-order valence-corrected chi connectivity index (χ4v) is 3.73. The summed E-state index contributed by atoms with van der Waals surface area (Å²) >= 11 is 5.62. The standard InChI is InChI=1S/C23H25FN4O3S/c1-27(2)7-8-28(23(32)25-18-5-3-17(24)4-6-18)14-16-11-15-12-20-21(31-10-9-30-20)13-19(15)26-22(16)29/h3-6,11-13H,7-10,14H2,1-2H3,(H,25,32)(H,26,29)/p+1. The van der Waals surface area contributed by atoms with E-state index in [0.717, 1.165) is 11.9 Å². The highest BCUT2D eigenvalue weighted by Gasteiger charge is 2.17. The van der Waals surface area contributed by atoms with Crippen molar-refractivity contribution in [3.63, 3.8) is 0 Å². The number of ether oxygens (including phenoxy) is 2. The van der Waals surface area contributed by atoms with Gasteiger partial charge in [-0.15, -0.1) is 0 Å². The predicted molar refractivity (Wildman–Crippen MR) is 126 cm³/mol. The van der Waals surface area contributed by atoms with Gasteiger partial charge in [0.15, 0.2) is 16.6 Å². The van der Waals surface area contributed by atoms with E-state index in [1.165, 1.54) is 17.0 Å². The lowest BCUT2D eigenvalue weighted by molar-refractivity contribution is -0.857. The third-order valence-corrected chi connectivity index (χ3v) is 5.57. The number of fused-ring (bicyclic) bond motifs is 2. The third kappa shape index (κ3) is 5.17. The molecule has 0 fully saturated rings.